The Morgan fingerprint density at radius 3 is 1.61 bits per heavy atom. The fourth-order valence-electron chi connectivity index (χ4n) is 4.64. The van der Waals surface area contributed by atoms with Crippen LogP contribution in [-0.2, 0) is 10.8 Å². The van der Waals surface area contributed by atoms with E-state index in [0.29, 0.717) is 27.7 Å². The molecule has 0 spiro atoms. The quantitative estimate of drug-likeness (QED) is 0.192. The third kappa shape index (κ3) is 4.07. The predicted octanol–water partition coefficient (Wildman–Crippen LogP) is 7.83. The molecule has 2 heterocycles. The van der Waals surface area contributed by atoms with Crippen LogP contribution in [0, 0.1) is 0 Å². The van der Waals surface area contributed by atoms with Crippen molar-refractivity contribution in [3.63, 3.8) is 0 Å². The summed E-state index contributed by atoms with van der Waals surface area (Å²) in [7, 11) is 0. The maximum atomic E-state index is 13.2. The van der Waals surface area contributed by atoms with Crippen LogP contribution in [0.2, 0.25) is 0 Å². The van der Waals surface area contributed by atoms with Gasteiger partial charge in [0.25, 0.3) is 0 Å². The Morgan fingerprint density at radius 1 is 0.556 bits per heavy atom. The summed E-state index contributed by atoms with van der Waals surface area (Å²) in [5, 5.41) is 1.18. The average molecular weight is 479 g/mol. The summed E-state index contributed by atoms with van der Waals surface area (Å²) < 4.78 is 11.4. The van der Waals surface area contributed by atoms with Crippen molar-refractivity contribution in [2.24, 2.45) is 0 Å². The largest absolute Gasteiger partial charge is 0.422 e. The summed E-state index contributed by atoms with van der Waals surface area (Å²) in [6.07, 6.45) is 0. The molecule has 4 heteroatoms. The average Bonchev–Trinajstić information content (AvgIpc) is 2.83. The van der Waals surface area contributed by atoms with Crippen LogP contribution in [-0.4, -0.2) is 0 Å². The van der Waals surface area contributed by atoms with Gasteiger partial charge in [-0.3, -0.25) is 0 Å². The number of para-hydroxylation sites is 1. The van der Waals surface area contributed by atoms with Crippen molar-refractivity contribution in [1.29, 1.82) is 0 Å². The Morgan fingerprint density at radius 2 is 1.06 bits per heavy atom. The first-order chi connectivity index (χ1) is 16.9. The summed E-state index contributed by atoms with van der Waals surface area (Å²) >= 11 is 0. The van der Waals surface area contributed by atoms with Crippen molar-refractivity contribution >= 4 is 21.7 Å². The van der Waals surface area contributed by atoms with Gasteiger partial charge in [-0.1, -0.05) is 108 Å². The van der Waals surface area contributed by atoms with E-state index in [2.05, 4.69) is 65.8 Å². The van der Waals surface area contributed by atoms with Crippen LogP contribution in [0.4, 0.5) is 0 Å². The molecule has 3 aromatic carbocycles. The van der Waals surface area contributed by atoms with Crippen molar-refractivity contribution in [1.82, 2.24) is 0 Å². The topological polar surface area (TPSA) is 60.4 Å². The molecule has 0 aliphatic carbocycles. The summed E-state index contributed by atoms with van der Waals surface area (Å²) in [5.74, 6) is 0.437. The summed E-state index contributed by atoms with van der Waals surface area (Å²) in [4.78, 5) is 26.2. The zero-order valence-electron chi connectivity index (χ0n) is 21.6. The molecule has 5 aromatic rings. The highest BCUT2D eigenvalue weighted by atomic mass is 16.4. The Hall–Kier alpha value is -3.92. The van der Waals surface area contributed by atoms with Gasteiger partial charge < -0.3 is 8.83 Å². The van der Waals surface area contributed by atoms with Gasteiger partial charge in [-0.25, -0.2) is 9.59 Å². The Bertz CT molecular complexity index is 1700. The molecule has 4 nitrogen and oxygen atoms in total. The summed E-state index contributed by atoms with van der Waals surface area (Å²) in [6, 6.07) is 23.6. The molecule has 0 amide bonds. The van der Waals surface area contributed by atoms with E-state index in [1.165, 1.54) is 11.1 Å². The highest BCUT2D eigenvalue weighted by Gasteiger charge is 2.24. The van der Waals surface area contributed by atoms with E-state index in [9.17, 15) is 9.59 Å². The number of fused-ring (bicyclic) bond motifs is 3. The van der Waals surface area contributed by atoms with E-state index >= 15 is 0 Å². The van der Waals surface area contributed by atoms with Crippen LogP contribution < -0.4 is 11.3 Å². The van der Waals surface area contributed by atoms with Gasteiger partial charge in [-0.15, -0.1) is 0 Å². The molecular weight excluding hydrogens is 448 g/mol. The Labute approximate surface area is 210 Å². The molecule has 5 rings (SSSR count). The van der Waals surface area contributed by atoms with E-state index in [0.717, 1.165) is 11.1 Å². The molecule has 0 atom stereocenters. The van der Waals surface area contributed by atoms with E-state index < -0.39 is 11.3 Å². The van der Waals surface area contributed by atoms with Gasteiger partial charge in [0.1, 0.15) is 11.3 Å². The molecule has 182 valence electrons. The minimum absolute atomic E-state index is 0.0104. The molecule has 0 aliphatic heterocycles. The molecule has 0 unspecified atom stereocenters. The van der Waals surface area contributed by atoms with Crippen LogP contribution in [0.5, 0.6) is 0 Å². The first kappa shape index (κ1) is 23.8. The molecule has 36 heavy (non-hydrogen) atoms. The van der Waals surface area contributed by atoms with Gasteiger partial charge in [-0.05, 0) is 33.6 Å². The van der Waals surface area contributed by atoms with Crippen molar-refractivity contribution < 1.29 is 8.83 Å². The van der Waals surface area contributed by atoms with Crippen molar-refractivity contribution in [3.05, 3.63) is 105 Å². The molecule has 0 N–H and O–H groups in total. The number of rotatable bonds is 2. The second-order valence-electron chi connectivity index (χ2n) is 11.4. The van der Waals surface area contributed by atoms with E-state index in [1.54, 1.807) is 6.07 Å². The highest BCUT2D eigenvalue weighted by Crippen LogP contribution is 2.40. The molecule has 0 aliphatic rings. The smallest absolute Gasteiger partial charge is 0.351 e. The van der Waals surface area contributed by atoms with Gasteiger partial charge in [0, 0.05) is 21.9 Å². The van der Waals surface area contributed by atoms with E-state index in [-0.39, 0.29) is 16.2 Å². The van der Waals surface area contributed by atoms with Crippen LogP contribution in [0.3, 0.4) is 0 Å². The van der Waals surface area contributed by atoms with Crippen LogP contribution >= 0.6 is 0 Å². The molecular formula is C32H30O4. The maximum absolute atomic E-state index is 13.2. The molecule has 0 saturated heterocycles. The van der Waals surface area contributed by atoms with Gasteiger partial charge in [0.15, 0.2) is 5.39 Å². The standard InChI is InChI=1S/C32H30O4/c1-31(2,3)21-15-11-19(12-16-21)25-26-23-9-7-8-10-24(23)35-29(33)27(26)30(34)36-28(25)20-13-17-22(18-14-20)32(4,5)6/h7-18H,1-6H3. The first-order valence-electron chi connectivity index (χ1n) is 12.2. The van der Waals surface area contributed by atoms with Crippen LogP contribution in [0.1, 0.15) is 52.7 Å². The lowest BCUT2D eigenvalue weighted by molar-refractivity contribution is 0.525. The Balaban J connectivity index is 1.91. The second-order valence-corrected chi connectivity index (χ2v) is 11.4. The molecule has 0 bridgehead atoms. The lowest BCUT2D eigenvalue weighted by Gasteiger charge is -2.20. The lowest BCUT2D eigenvalue weighted by atomic mass is 9.85. The van der Waals surface area contributed by atoms with Gasteiger partial charge in [0.2, 0.25) is 0 Å². The lowest BCUT2D eigenvalue weighted by Crippen LogP contribution is -2.14. The third-order valence-corrected chi connectivity index (χ3v) is 6.74. The van der Waals surface area contributed by atoms with E-state index in [4.69, 9.17) is 8.83 Å². The summed E-state index contributed by atoms with van der Waals surface area (Å²) in [5.41, 5.74) is 3.72. The molecule has 2 aromatic heterocycles. The molecule has 0 saturated carbocycles. The van der Waals surface area contributed by atoms with Gasteiger partial charge in [0.05, 0.1) is 0 Å². The van der Waals surface area contributed by atoms with Crippen LogP contribution in [0.25, 0.3) is 44.2 Å². The van der Waals surface area contributed by atoms with Gasteiger partial charge >= 0.3 is 11.3 Å². The zero-order valence-corrected chi connectivity index (χ0v) is 21.6. The molecule has 0 radical (unpaired) electrons. The minimum Gasteiger partial charge on any atom is -0.422 e. The normalized spacial score (nSPS) is 12.4. The summed E-state index contributed by atoms with van der Waals surface area (Å²) in [6.45, 7) is 13.0. The second kappa shape index (κ2) is 8.34. The van der Waals surface area contributed by atoms with Crippen molar-refractivity contribution in [2.45, 2.75) is 52.4 Å². The minimum atomic E-state index is -0.700. The SMILES string of the molecule is CC(C)(C)c1ccc(-c2oc(=O)c3c(=O)oc4ccccc4c3c2-c2ccc(C(C)(C)C)cc2)cc1. The van der Waals surface area contributed by atoms with Gasteiger partial charge in [-0.2, -0.15) is 0 Å². The van der Waals surface area contributed by atoms with Crippen LogP contribution in [0.15, 0.2) is 91.2 Å². The first-order valence-corrected chi connectivity index (χ1v) is 12.2. The number of benzene rings is 3. The van der Waals surface area contributed by atoms with Crippen molar-refractivity contribution in [3.8, 4) is 22.5 Å². The maximum Gasteiger partial charge on any atom is 0.351 e. The predicted molar refractivity (Wildman–Crippen MR) is 147 cm³/mol. The van der Waals surface area contributed by atoms with Crippen molar-refractivity contribution in [2.75, 3.05) is 0 Å². The number of hydrogen-bond donors (Lipinski definition) is 0. The third-order valence-electron chi connectivity index (χ3n) is 6.74. The Kier molecular flexibility index (Phi) is 5.51. The fraction of sp³-hybridized carbons (Fsp3) is 0.250. The fourth-order valence-corrected chi connectivity index (χ4v) is 4.64. The monoisotopic (exact) mass is 478 g/mol. The number of hydrogen-bond acceptors (Lipinski definition) is 4. The highest BCUT2D eigenvalue weighted by molar-refractivity contribution is 6.14. The zero-order chi connectivity index (χ0) is 25.8. The van der Waals surface area contributed by atoms with E-state index in [1.807, 2.05) is 42.5 Å². The molecule has 0 fully saturated rings.